The Labute approximate surface area is 193 Å². The first-order valence-corrected chi connectivity index (χ1v) is 11.9. The predicted octanol–water partition coefficient (Wildman–Crippen LogP) is 0.649. The zero-order valence-corrected chi connectivity index (χ0v) is 18.8. The van der Waals surface area contributed by atoms with E-state index in [9.17, 15) is 20.2 Å². The smallest absolute Gasteiger partial charge is 0.294 e. The second-order valence-corrected chi connectivity index (χ2v) is 10.0. The number of ether oxygens (including phenoxy) is 5. The fraction of sp³-hybridized carbons (Fsp3) is 1.00. The van der Waals surface area contributed by atoms with E-state index in [-0.39, 0.29) is 53.6 Å². The average Bonchev–Trinajstić information content (AvgIpc) is 3.50. The van der Waals surface area contributed by atoms with E-state index in [0.29, 0.717) is 13.2 Å². The van der Waals surface area contributed by atoms with Crippen LogP contribution in [0.4, 0.5) is 0 Å². The molecule has 0 saturated carbocycles. The molecule has 0 aromatic rings. The zero-order valence-electron chi connectivity index (χ0n) is 17.1. The van der Waals surface area contributed by atoms with E-state index in [1.54, 1.807) is 11.8 Å². The lowest BCUT2D eigenvalue weighted by molar-refractivity contribution is -0.769. The Kier molecular flexibility index (Phi) is 8.18. The third-order valence-corrected chi connectivity index (χ3v) is 7.72. The van der Waals surface area contributed by atoms with Gasteiger partial charge in [0.1, 0.15) is 23.7 Å². The minimum Gasteiger partial charge on any atom is -0.372 e. The molecule has 5 fully saturated rings. The highest BCUT2D eigenvalue weighted by atomic mass is 32.2. The normalized spacial score (nSPS) is 42.5. The van der Waals surface area contributed by atoms with Gasteiger partial charge >= 0.3 is 0 Å². The van der Waals surface area contributed by atoms with Crippen LogP contribution in [0.3, 0.4) is 0 Å². The van der Waals surface area contributed by atoms with Gasteiger partial charge in [-0.2, -0.15) is 12.6 Å². The number of thioether (sulfide) groups is 1. The van der Waals surface area contributed by atoms with Crippen LogP contribution in [0.5, 0.6) is 0 Å². The molecule has 5 rings (SSSR count). The van der Waals surface area contributed by atoms with E-state index >= 15 is 0 Å². The van der Waals surface area contributed by atoms with Gasteiger partial charge in [0.2, 0.25) is 0 Å². The van der Waals surface area contributed by atoms with E-state index in [1.807, 2.05) is 0 Å². The maximum absolute atomic E-state index is 10.4. The highest BCUT2D eigenvalue weighted by molar-refractivity contribution is 8.00. The number of thiol groups is 1. The highest BCUT2D eigenvalue weighted by Gasteiger charge is 2.50. The Morgan fingerprint density at radius 2 is 1.38 bits per heavy atom. The van der Waals surface area contributed by atoms with Gasteiger partial charge in [-0.1, -0.05) is 0 Å². The molecule has 0 bridgehead atoms. The van der Waals surface area contributed by atoms with Gasteiger partial charge in [0.25, 0.3) is 10.2 Å². The monoisotopic (exact) mass is 498 g/mol. The molecule has 1 unspecified atom stereocenters. The lowest BCUT2D eigenvalue weighted by atomic mass is 10.1. The molecule has 9 atom stereocenters. The summed E-state index contributed by atoms with van der Waals surface area (Å²) in [7, 11) is 0. The molecule has 5 saturated heterocycles. The first-order valence-electron chi connectivity index (χ1n) is 10.5. The van der Waals surface area contributed by atoms with Gasteiger partial charge in [-0.05, 0) is 19.3 Å². The fourth-order valence-corrected chi connectivity index (χ4v) is 6.16. The van der Waals surface area contributed by atoms with Gasteiger partial charge in [0.15, 0.2) is 12.2 Å². The topological polar surface area (TPSA) is 151 Å². The maximum atomic E-state index is 10.4. The van der Waals surface area contributed by atoms with Crippen LogP contribution in [-0.2, 0) is 33.4 Å². The first-order chi connectivity index (χ1) is 15.4. The molecule has 0 spiro atoms. The number of fused-ring (bicyclic) bond motifs is 2. The minimum absolute atomic E-state index is 0.00893. The van der Waals surface area contributed by atoms with Gasteiger partial charge in [-0.15, -0.1) is 32.0 Å². The van der Waals surface area contributed by atoms with Crippen LogP contribution in [0.15, 0.2) is 0 Å². The summed E-state index contributed by atoms with van der Waals surface area (Å²) >= 11 is 5.95. The summed E-state index contributed by atoms with van der Waals surface area (Å²) < 4.78 is 27.5. The summed E-state index contributed by atoms with van der Waals surface area (Å²) in [5.74, 6) is 0. The molecular formula is C17H26N2O11S2. The molecule has 0 radical (unpaired) electrons. The summed E-state index contributed by atoms with van der Waals surface area (Å²) in [4.78, 5) is 29.5. The maximum Gasteiger partial charge on any atom is 0.294 e. The second-order valence-electron chi connectivity index (χ2n) is 7.96. The molecule has 32 heavy (non-hydrogen) atoms. The fourth-order valence-electron chi connectivity index (χ4n) is 4.41. The van der Waals surface area contributed by atoms with Crippen molar-refractivity contribution >= 4 is 24.4 Å². The molecule has 5 heterocycles. The zero-order chi connectivity index (χ0) is 22.7. The SMILES string of the molecule is O=[N+]([O-])O[C@@H]1CO[C@H]2[C@@H]1OC[C@@H]2S.O=[N+]([O-])O[C@@H]1CO[C@H]2[C@@H]1OC[C@@H]2SC1CCCCO1. The molecular weight excluding hydrogens is 472 g/mol. The lowest BCUT2D eigenvalue weighted by Gasteiger charge is -2.26. The number of hydrogen-bond donors (Lipinski definition) is 1. The van der Waals surface area contributed by atoms with Crippen molar-refractivity contribution in [3.63, 3.8) is 0 Å². The first kappa shape index (κ1) is 24.0. The second kappa shape index (κ2) is 10.9. The van der Waals surface area contributed by atoms with Crippen LogP contribution in [0.25, 0.3) is 0 Å². The van der Waals surface area contributed by atoms with Crippen molar-refractivity contribution in [2.75, 3.05) is 33.0 Å². The molecule has 0 aliphatic carbocycles. The van der Waals surface area contributed by atoms with E-state index in [2.05, 4.69) is 22.3 Å². The summed E-state index contributed by atoms with van der Waals surface area (Å²) in [6.45, 7) is 2.23. The number of hydrogen-bond acceptors (Lipinski definition) is 13. The Balaban J connectivity index is 0.000000165. The van der Waals surface area contributed by atoms with Crippen molar-refractivity contribution in [3.05, 3.63) is 20.2 Å². The van der Waals surface area contributed by atoms with Gasteiger partial charge < -0.3 is 33.4 Å². The molecule has 5 aliphatic heterocycles. The molecule has 0 aromatic carbocycles. The Bertz CT molecular complexity index is 670. The van der Waals surface area contributed by atoms with E-state index in [1.165, 1.54) is 6.42 Å². The Hall–Kier alpha value is -1.10. The van der Waals surface area contributed by atoms with Crippen molar-refractivity contribution in [2.24, 2.45) is 0 Å². The van der Waals surface area contributed by atoms with Crippen LogP contribution < -0.4 is 0 Å². The third kappa shape index (κ3) is 5.69. The largest absolute Gasteiger partial charge is 0.372 e. The number of rotatable bonds is 6. The molecule has 0 aromatic heterocycles. The molecule has 0 N–H and O–H groups in total. The summed E-state index contributed by atoms with van der Waals surface area (Å²) in [6.07, 6.45) is 1.20. The summed E-state index contributed by atoms with van der Waals surface area (Å²) in [5, 5.41) is 19.0. The van der Waals surface area contributed by atoms with Crippen molar-refractivity contribution < 1.29 is 43.5 Å². The quantitative estimate of drug-likeness (QED) is 0.311. The summed E-state index contributed by atoms with van der Waals surface area (Å²) in [6, 6.07) is 0. The molecule has 15 heteroatoms. The van der Waals surface area contributed by atoms with Crippen molar-refractivity contribution in [2.45, 2.75) is 71.8 Å². The van der Waals surface area contributed by atoms with Crippen LogP contribution in [-0.4, -0.2) is 95.8 Å². The van der Waals surface area contributed by atoms with Crippen molar-refractivity contribution in [1.82, 2.24) is 0 Å². The predicted molar refractivity (Wildman–Crippen MR) is 110 cm³/mol. The van der Waals surface area contributed by atoms with E-state index in [4.69, 9.17) is 23.7 Å². The number of nitrogens with zero attached hydrogens (tertiary/aromatic N) is 2. The van der Waals surface area contributed by atoms with E-state index in [0.717, 1.165) is 19.4 Å². The van der Waals surface area contributed by atoms with Gasteiger partial charge in [0, 0.05) is 6.61 Å². The Morgan fingerprint density at radius 3 is 2.00 bits per heavy atom. The van der Waals surface area contributed by atoms with Crippen molar-refractivity contribution in [3.8, 4) is 0 Å². The van der Waals surface area contributed by atoms with Crippen molar-refractivity contribution in [1.29, 1.82) is 0 Å². The molecule has 182 valence electrons. The van der Waals surface area contributed by atoms with Crippen LogP contribution in [0.2, 0.25) is 0 Å². The van der Waals surface area contributed by atoms with Crippen LogP contribution >= 0.6 is 24.4 Å². The molecule has 13 nitrogen and oxygen atoms in total. The lowest BCUT2D eigenvalue weighted by Crippen LogP contribution is -2.34. The Morgan fingerprint density at radius 1 is 0.781 bits per heavy atom. The third-order valence-electron chi connectivity index (χ3n) is 5.85. The summed E-state index contributed by atoms with van der Waals surface area (Å²) in [5.41, 5.74) is 0.195. The highest BCUT2D eigenvalue weighted by Crippen LogP contribution is 2.38. The van der Waals surface area contributed by atoms with Gasteiger partial charge in [-0.25, -0.2) is 0 Å². The van der Waals surface area contributed by atoms with Crippen LogP contribution in [0, 0.1) is 20.2 Å². The average molecular weight is 499 g/mol. The van der Waals surface area contributed by atoms with Gasteiger partial charge in [0.05, 0.1) is 43.0 Å². The molecule has 5 aliphatic rings. The minimum atomic E-state index is -0.814. The standard InChI is InChI=1S/C11H17NO6S.C6H9NO5S/c13-12(14)18-7-5-16-11-8(6-17-10(7)11)19-9-3-1-2-4-15-9;8-7(9)12-3-1-10-6-4(13)2-11-5(3)6/h7-11H,1-6H2;3-6,13H,1-2H2/t7-,8+,9?,10-,11-;3-,4+,5-,6-/m11/s1. The molecule has 0 amide bonds. The van der Waals surface area contributed by atoms with Crippen LogP contribution in [0.1, 0.15) is 19.3 Å². The van der Waals surface area contributed by atoms with Gasteiger partial charge in [-0.3, -0.25) is 0 Å². The van der Waals surface area contributed by atoms with E-state index < -0.39 is 22.4 Å².